The SMILES string of the molecule is COC(=O)CC(=O)CCc1cc(OC)c(OC)c(OC)c1.COC(=O)CC(C)=O.COc1cc(CBr)cc(OC)c1OC. The highest BCUT2D eigenvalue weighted by atomic mass is 79.9. The molecule has 0 amide bonds. The molecule has 0 saturated carbocycles. The number of methoxy groups -OCH3 is 8. The maximum Gasteiger partial charge on any atom is 0.313 e. The van der Waals surface area contributed by atoms with Crippen LogP contribution >= 0.6 is 15.9 Å². The maximum atomic E-state index is 11.6. The summed E-state index contributed by atoms with van der Waals surface area (Å²) in [5.74, 6) is 2.22. The summed E-state index contributed by atoms with van der Waals surface area (Å²) in [5, 5.41) is 0.754. The molecule has 0 saturated heterocycles. The van der Waals surface area contributed by atoms with Crippen LogP contribution in [0.25, 0.3) is 0 Å². The van der Waals surface area contributed by atoms with Crippen LogP contribution in [0.1, 0.15) is 37.3 Å². The lowest BCUT2D eigenvalue weighted by atomic mass is 10.0. The zero-order valence-corrected chi connectivity index (χ0v) is 27.7. The Morgan fingerprint density at radius 3 is 1.23 bits per heavy atom. The smallest absolute Gasteiger partial charge is 0.313 e. The van der Waals surface area contributed by atoms with E-state index >= 15 is 0 Å². The van der Waals surface area contributed by atoms with Gasteiger partial charge in [-0.1, -0.05) is 15.9 Å². The van der Waals surface area contributed by atoms with E-state index in [9.17, 15) is 19.2 Å². The van der Waals surface area contributed by atoms with Gasteiger partial charge in [-0.25, -0.2) is 0 Å². The molecule has 0 bridgehead atoms. The Labute approximate surface area is 260 Å². The molecular weight excluding hydrogens is 632 g/mol. The second-order valence-corrected chi connectivity index (χ2v) is 9.01. The first-order chi connectivity index (χ1) is 20.5. The summed E-state index contributed by atoms with van der Waals surface area (Å²) in [7, 11) is 11.9. The maximum absolute atomic E-state index is 11.6. The van der Waals surface area contributed by atoms with E-state index in [0.29, 0.717) is 40.9 Å². The van der Waals surface area contributed by atoms with Gasteiger partial charge in [-0.15, -0.1) is 0 Å². The molecule has 2 rings (SSSR count). The van der Waals surface area contributed by atoms with Crippen LogP contribution in [0.2, 0.25) is 0 Å². The third-order valence-corrected chi connectivity index (χ3v) is 6.13. The van der Waals surface area contributed by atoms with Gasteiger partial charge in [0, 0.05) is 11.8 Å². The summed E-state index contributed by atoms with van der Waals surface area (Å²) in [5.41, 5.74) is 1.95. The molecular formula is C30H41BrO12. The number of aryl methyl sites for hydroxylation is 1. The van der Waals surface area contributed by atoms with Gasteiger partial charge in [0.1, 0.15) is 24.4 Å². The van der Waals surface area contributed by atoms with Gasteiger partial charge in [-0.2, -0.15) is 0 Å². The summed E-state index contributed by atoms with van der Waals surface area (Å²) in [6.45, 7) is 1.34. The Bertz CT molecular complexity index is 1150. The zero-order valence-electron chi connectivity index (χ0n) is 26.1. The molecule has 0 aliphatic carbocycles. The number of ketones is 2. The van der Waals surface area contributed by atoms with E-state index in [1.165, 1.54) is 42.5 Å². The number of Topliss-reactive ketones (excluding diaryl/α,β-unsaturated/α-hetero) is 2. The molecule has 0 N–H and O–H groups in total. The monoisotopic (exact) mass is 672 g/mol. The number of esters is 2. The van der Waals surface area contributed by atoms with E-state index in [-0.39, 0.29) is 30.8 Å². The van der Waals surface area contributed by atoms with Gasteiger partial charge in [-0.05, 0) is 48.7 Å². The van der Waals surface area contributed by atoms with Crippen molar-refractivity contribution in [1.29, 1.82) is 0 Å². The zero-order chi connectivity index (χ0) is 32.9. The number of benzene rings is 2. The summed E-state index contributed by atoms with van der Waals surface area (Å²) < 4.78 is 40.0. The fourth-order valence-electron chi connectivity index (χ4n) is 3.37. The molecule has 240 valence electrons. The lowest BCUT2D eigenvalue weighted by Gasteiger charge is -2.14. The van der Waals surface area contributed by atoms with Crippen molar-refractivity contribution in [3.05, 3.63) is 35.4 Å². The molecule has 0 unspecified atom stereocenters. The standard InChI is InChI=1S/C15H20O6.C10H13BrO3.C5H8O3/c1-18-12-7-10(8-13(19-2)15(12)21-4)5-6-11(16)9-14(17)20-3;1-12-8-4-7(6-11)5-9(13-2)10(8)14-3;1-4(6)3-5(7)8-2/h7-8H,5-6,9H2,1-4H3;4-5H,6H2,1-3H3;3H2,1-2H3. The Kier molecular flexibility index (Phi) is 19.7. The molecule has 0 spiro atoms. The third-order valence-electron chi connectivity index (χ3n) is 5.49. The number of rotatable bonds is 14. The second kappa shape index (κ2) is 21.7. The summed E-state index contributed by atoms with van der Waals surface area (Å²) in [4.78, 5) is 42.9. The summed E-state index contributed by atoms with van der Waals surface area (Å²) >= 11 is 3.38. The molecule has 0 radical (unpaired) electrons. The molecule has 0 aromatic heterocycles. The lowest BCUT2D eigenvalue weighted by molar-refractivity contribution is -0.144. The molecule has 0 heterocycles. The number of hydrogen-bond acceptors (Lipinski definition) is 12. The molecule has 0 aliphatic rings. The number of carbonyl (C=O) groups excluding carboxylic acids is 4. The number of halogens is 1. The highest BCUT2D eigenvalue weighted by Crippen LogP contribution is 2.39. The number of ether oxygens (including phenoxy) is 8. The number of hydrogen-bond donors (Lipinski definition) is 0. The quantitative estimate of drug-likeness (QED) is 0.158. The largest absolute Gasteiger partial charge is 0.493 e. The van der Waals surface area contributed by atoms with Gasteiger partial charge in [0.25, 0.3) is 0 Å². The van der Waals surface area contributed by atoms with Crippen molar-refractivity contribution in [2.24, 2.45) is 0 Å². The molecule has 43 heavy (non-hydrogen) atoms. The van der Waals surface area contributed by atoms with Crippen molar-refractivity contribution >= 4 is 39.4 Å². The van der Waals surface area contributed by atoms with Crippen molar-refractivity contribution in [2.45, 2.75) is 37.9 Å². The third kappa shape index (κ3) is 14.1. The van der Waals surface area contributed by atoms with E-state index in [4.69, 9.17) is 28.4 Å². The van der Waals surface area contributed by atoms with Crippen molar-refractivity contribution in [3.8, 4) is 34.5 Å². The Morgan fingerprint density at radius 1 is 0.581 bits per heavy atom. The minimum absolute atomic E-state index is 0.115. The number of alkyl halides is 1. The summed E-state index contributed by atoms with van der Waals surface area (Å²) in [6, 6.07) is 7.39. The van der Waals surface area contributed by atoms with Crippen molar-refractivity contribution < 1.29 is 57.1 Å². The van der Waals surface area contributed by atoms with Crippen LogP contribution in [0.15, 0.2) is 24.3 Å². The first kappa shape index (κ1) is 39.0. The van der Waals surface area contributed by atoms with Gasteiger partial charge >= 0.3 is 11.9 Å². The Morgan fingerprint density at radius 2 is 0.953 bits per heavy atom. The number of carbonyl (C=O) groups is 4. The van der Waals surface area contributed by atoms with E-state index < -0.39 is 11.9 Å². The predicted octanol–water partition coefficient (Wildman–Crippen LogP) is 4.52. The van der Waals surface area contributed by atoms with E-state index in [2.05, 4.69) is 25.4 Å². The van der Waals surface area contributed by atoms with Crippen molar-refractivity contribution in [3.63, 3.8) is 0 Å². The van der Waals surface area contributed by atoms with Crippen LogP contribution in [0.5, 0.6) is 34.5 Å². The molecule has 0 atom stereocenters. The van der Waals surface area contributed by atoms with E-state index in [0.717, 1.165) is 16.5 Å². The molecule has 13 heteroatoms. The molecule has 2 aromatic carbocycles. The van der Waals surface area contributed by atoms with Crippen LogP contribution < -0.4 is 28.4 Å². The van der Waals surface area contributed by atoms with Crippen LogP contribution in [-0.4, -0.2) is 80.4 Å². The lowest BCUT2D eigenvalue weighted by Crippen LogP contribution is -2.10. The highest BCUT2D eigenvalue weighted by Gasteiger charge is 2.15. The molecule has 12 nitrogen and oxygen atoms in total. The molecule has 0 aliphatic heterocycles. The fourth-order valence-corrected chi connectivity index (χ4v) is 3.70. The minimum Gasteiger partial charge on any atom is -0.493 e. The van der Waals surface area contributed by atoms with Gasteiger partial charge in [0.15, 0.2) is 23.0 Å². The minimum atomic E-state index is -0.523. The predicted molar refractivity (Wildman–Crippen MR) is 162 cm³/mol. The average molecular weight is 674 g/mol. The first-order valence-electron chi connectivity index (χ1n) is 12.8. The molecule has 2 aromatic rings. The van der Waals surface area contributed by atoms with E-state index in [1.54, 1.807) is 33.5 Å². The van der Waals surface area contributed by atoms with Crippen LogP contribution in [-0.2, 0) is 40.4 Å². The van der Waals surface area contributed by atoms with Crippen LogP contribution in [0, 0.1) is 0 Å². The highest BCUT2D eigenvalue weighted by molar-refractivity contribution is 9.08. The van der Waals surface area contributed by atoms with Crippen molar-refractivity contribution in [1.82, 2.24) is 0 Å². The fraction of sp³-hybridized carbons (Fsp3) is 0.467. The normalized spacial score (nSPS) is 9.53. The van der Waals surface area contributed by atoms with Crippen LogP contribution in [0.3, 0.4) is 0 Å². The van der Waals surface area contributed by atoms with Crippen LogP contribution in [0.4, 0.5) is 0 Å². The Balaban J connectivity index is 0.000000688. The van der Waals surface area contributed by atoms with Crippen molar-refractivity contribution in [2.75, 3.05) is 56.9 Å². The van der Waals surface area contributed by atoms with E-state index in [1.807, 2.05) is 12.1 Å². The van der Waals surface area contributed by atoms with Gasteiger partial charge in [0.05, 0.1) is 56.9 Å². The summed E-state index contributed by atoms with van der Waals surface area (Å²) in [6.07, 6.45) is 0.400. The average Bonchev–Trinajstić information content (AvgIpc) is 3.02. The van der Waals surface area contributed by atoms with Gasteiger partial charge in [-0.3, -0.25) is 19.2 Å². The molecule has 0 fully saturated rings. The second-order valence-electron chi connectivity index (χ2n) is 8.45. The van der Waals surface area contributed by atoms with Gasteiger partial charge in [0.2, 0.25) is 11.5 Å². The van der Waals surface area contributed by atoms with Gasteiger partial charge < -0.3 is 37.9 Å². The first-order valence-corrected chi connectivity index (χ1v) is 13.9. The topological polar surface area (TPSA) is 142 Å². The Hall–Kier alpha value is -4.00.